The Morgan fingerprint density at radius 1 is 0.459 bits per heavy atom. The summed E-state index contributed by atoms with van der Waals surface area (Å²) in [4.78, 5) is 26.1. The highest BCUT2D eigenvalue weighted by molar-refractivity contribution is 5.77. The van der Waals surface area contributed by atoms with Crippen molar-refractivity contribution in [2.75, 3.05) is 6.61 Å². The number of aliphatic hydroxyl groups excluding tert-OH is 2. The quantitative estimate of drug-likeness (QED) is 0.0322. The molecule has 3 N–H and O–H groups in total. The lowest BCUT2D eigenvalue weighted by molar-refractivity contribution is -0.151. The minimum atomic E-state index is -0.789. The average molecular weight is 860 g/mol. The lowest BCUT2D eigenvalue weighted by Gasteiger charge is -2.24. The van der Waals surface area contributed by atoms with Gasteiger partial charge in [-0.2, -0.15) is 0 Å². The van der Waals surface area contributed by atoms with Crippen molar-refractivity contribution in [3.05, 3.63) is 24.3 Å². The molecule has 0 aromatic rings. The first-order chi connectivity index (χ1) is 30.0. The molecule has 0 aliphatic carbocycles. The number of hydrogen-bond donors (Lipinski definition) is 3. The van der Waals surface area contributed by atoms with E-state index in [1.54, 1.807) is 0 Å². The average Bonchev–Trinajstić information content (AvgIpc) is 3.25. The maximum Gasteiger partial charge on any atom is 0.306 e. The Labute approximate surface area is 380 Å². The van der Waals surface area contributed by atoms with Gasteiger partial charge in [-0.1, -0.05) is 225 Å². The van der Waals surface area contributed by atoms with Crippen LogP contribution in [-0.4, -0.2) is 46.9 Å². The molecule has 0 rings (SSSR count). The van der Waals surface area contributed by atoms with E-state index in [0.29, 0.717) is 19.3 Å². The summed E-state index contributed by atoms with van der Waals surface area (Å²) in [6.45, 7) is 6.47. The number of carbonyl (C=O) groups is 2. The summed E-state index contributed by atoms with van der Waals surface area (Å²) in [6.07, 6.45) is 56.7. The molecule has 360 valence electrons. The number of esters is 1. The zero-order valence-corrected chi connectivity index (χ0v) is 41.1. The molecule has 61 heavy (non-hydrogen) atoms. The number of ether oxygens (including phenoxy) is 1. The van der Waals surface area contributed by atoms with Crippen LogP contribution in [0.2, 0.25) is 0 Å². The Morgan fingerprint density at radius 3 is 1.21 bits per heavy atom. The van der Waals surface area contributed by atoms with E-state index in [9.17, 15) is 19.8 Å². The van der Waals surface area contributed by atoms with Gasteiger partial charge in [0.1, 0.15) is 6.10 Å². The Kier molecular flexibility index (Phi) is 48.0. The van der Waals surface area contributed by atoms with Crippen LogP contribution in [0.25, 0.3) is 0 Å². The molecule has 0 radical (unpaired) electrons. The van der Waals surface area contributed by atoms with Gasteiger partial charge < -0.3 is 20.3 Å². The van der Waals surface area contributed by atoms with Crippen LogP contribution in [0.4, 0.5) is 0 Å². The fraction of sp³-hybridized carbons (Fsp3) is 0.891. The molecule has 0 saturated carbocycles. The number of allylic oxidation sites excluding steroid dienone is 4. The number of aliphatic hydroxyl groups is 2. The monoisotopic (exact) mass is 860 g/mol. The second-order valence-corrected chi connectivity index (χ2v) is 18.6. The molecule has 0 spiro atoms. The summed E-state index contributed by atoms with van der Waals surface area (Å²) < 4.78 is 5.92. The third kappa shape index (κ3) is 44.7. The van der Waals surface area contributed by atoms with Crippen molar-refractivity contribution in [2.24, 2.45) is 0 Å². The minimum Gasteiger partial charge on any atom is -0.462 e. The molecule has 6 nitrogen and oxygen atoms in total. The van der Waals surface area contributed by atoms with Crippen LogP contribution in [0.15, 0.2) is 24.3 Å². The van der Waals surface area contributed by atoms with Gasteiger partial charge in [0.05, 0.1) is 25.2 Å². The van der Waals surface area contributed by atoms with Gasteiger partial charge in [-0.25, -0.2) is 0 Å². The number of carbonyl (C=O) groups excluding carboxylic acids is 2. The molecule has 3 unspecified atom stereocenters. The van der Waals surface area contributed by atoms with Crippen molar-refractivity contribution in [2.45, 2.75) is 309 Å². The topological polar surface area (TPSA) is 95.9 Å². The predicted molar refractivity (Wildman–Crippen MR) is 264 cm³/mol. The number of hydrogen-bond acceptors (Lipinski definition) is 5. The van der Waals surface area contributed by atoms with Crippen molar-refractivity contribution in [1.82, 2.24) is 5.32 Å². The van der Waals surface area contributed by atoms with E-state index in [4.69, 9.17) is 4.74 Å². The van der Waals surface area contributed by atoms with E-state index in [0.717, 1.165) is 70.6 Å². The zero-order valence-electron chi connectivity index (χ0n) is 41.1. The Bertz CT molecular complexity index is 966. The lowest BCUT2D eigenvalue weighted by Crippen LogP contribution is -2.46. The summed E-state index contributed by atoms with van der Waals surface area (Å²) in [6, 6.07) is -0.704. The third-order valence-electron chi connectivity index (χ3n) is 12.5. The van der Waals surface area contributed by atoms with Gasteiger partial charge in [-0.15, -0.1) is 0 Å². The molecule has 3 atom stereocenters. The van der Waals surface area contributed by atoms with Gasteiger partial charge >= 0.3 is 5.97 Å². The van der Waals surface area contributed by atoms with Crippen LogP contribution in [0.5, 0.6) is 0 Å². The fourth-order valence-corrected chi connectivity index (χ4v) is 8.36. The van der Waals surface area contributed by atoms with Gasteiger partial charge in [0.25, 0.3) is 0 Å². The lowest BCUT2D eigenvalue weighted by atomic mass is 10.0. The standard InChI is InChI=1S/C55H105NO5/c1-4-7-10-13-16-19-22-24-26-28-30-32-35-38-41-44-47-53(58)52(50-57)56-54(59)49-51(46-43-40-37-34-21-18-15-12-9-6-3)61-55(60)48-45-42-39-36-33-31-29-27-25-23-20-17-14-11-8-5-2/h18,21,27,29,51-53,57-58H,4-17,19-20,22-26,28,30-50H2,1-3H3,(H,56,59)/b21-18-,29-27+. The van der Waals surface area contributed by atoms with E-state index in [1.807, 2.05) is 0 Å². The number of amides is 1. The van der Waals surface area contributed by atoms with E-state index in [1.165, 1.54) is 173 Å². The Balaban J connectivity index is 4.45. The van der Waals surface area contributed by atoms with Crippen LogP contribution in [0.3, 0.4) is 0 Å². The molecule has 6 heteroatoms. The van der Waals surface area contributed by atoms with E-state index in [2.05, 4.69) is 50.4 Å². The highest BCUT2D eigenvalue weighted by atomic mass is 16.5. The fourth-order valence-electron chi connectivity index (χ4n) is 8.36. The molecule has 1 amide bonds. The maximum absolute atomic E-state index is 13.2. The van der Waals surface area contributed by atoms with Gasteiger partial charge in [0, 0.05) is 6.42 Å². The number of rotatable bonds is 49. The van der Waals surface area contributed by atoms with Crippen LogP contribution in [-0.2, 0) is 14.3 Å². The van der Waals surface area contributed by atoms with Crippen LogP contribution < -0.4 is 5.32 Å². The van der Waals surface area contributed by atoms with Crippen LogP contribution in [0, 0.1) is 0 Å². The van der Waals surface area contributed by atoms with E-state index in [-0.39, 0.29) is 24.9 Å². The molecule has 0 aliphatic rings. The van der Waals surface area contributed by atoms with Crippen molar-refractivity contribution in [3.63, 3.8) is 0 Å². The first kappa shape index (κ1) is 59.3. The Morgan fingerprint density at radius 2 is 0.787 bits per heavy atom. The first-order valence-electron chi connectivity index (χ1n) is 27.1. The van der Waals surface area contributed by atoms with Crippen molar-refractivity contribution >= 4 is 11.9 Å². The molecule has 0 fully saturated rings. The highest BCUT2D eigenvalue weighted by Crippen LogP contribution is 2.18. The SMILES string of the molecule is CCCCC/C=C\CCCCCC(CC(=O)NC(CO)C(O)CCCCCCCCCCCCCCCCCC)OC(=O)CCCCCCC/C=C/CCCCCCCCC. The molecule has 0 saturated heterocycles. The van der Waals surface area contributed by atoms with Crippen LogP contribution >= 0.6 is 0 Å². The summed E-state index contributed by atoms with van der Waals surface area (Å²) in [5, 5.41) is 23.8. The molecule has 0 heterocycles. The van der Waals surface area contributed by atoms with Gasteiger partial charge in [-0.3, -0.25) is 9.59 Å². The third-order valence-corrected chi connectivity index (χ3v) is 12.5. The number of nitrogens with one attached hydrogen (secondary N) is 1. The van der Waals surface area contributed by atoms with E-state index < -0.39 is 18.2 Å². The zero-order chi connectivity index (χ0) is 44.5. The molecular weight excluding hydrogens is 755 g/mol. The van der Waals surface area contributed by atoms with Crippen molar-refractivity contribution in [3.8, 4) is 0 Å². The van der Waals surface area contributed by atoms with E-state index >= 15 is 0 Å². The molecule has 0 aliphatic heterocycles. The normalized spacial score (nSPS) is 13.3. The van der Waals surface area contributed by atoms with Crippen molar-refractivity contribution in [1.29, 1.82) is 0 Å². The Hall–Kier alpha value is -1.66. The highest BCUT2D eigenvalue weighted by Gasteiger charge is 2.24. The van der Waals surface area contributed by atoms with Gasteiger partial charge in [0.2, 0.25) is 5.91 Å². The molecule has 0 aromatic heterocycles. The smallest absolute Gasteiger partial charge is 0.306 e. The summed E-state index contributed by atoms with van der Waals surface area (Å²) >= 11 is 0. The second kappa shape index (κ2) is 49.4. The second-order valence-electron chi connectivity index (χ2n) is 18.6. The maximum atomic E-state index is 13.2. The molecule has 0 bridgehead atoms. The summed E-state index contributed by atoms with van der Waals surface area (Å²) in [5.74, 6) is -0.488. The largest absolute Gasteiger partial charge is 0.462 e. The molecular formula is C55H105NO5. The summed E-state index contributed by atoms with van der Waals surface area (Å²) in [5.41, 5.74) is 0. The van der Waals surface area contributed by atoms with Gasteiger partial charge in [-0.05, 0) is 77.0 Å². The van der Waals surface area contributed by atoms with Crippen molar-refractivity contribution < 1.29 is 24.5 Å². The first-order valence-corrected chi connectivity index (χ1v) is 27.1. The van der Waals surface area contributed by atoms with Crippen LogP contribution in [0.1, 0.15) is 290 Å². The minimum absolute atomic E-state index is 0.0673. The molecule has 0 aromatic carbocycles. The van der Waals surface area contributed by atoms with Gasteiger partial charge in [0.15, 0.2) is 0 Å². The summed E-state index contributed by atoms with van der Waals surface area (Å²) in [7, 11) is 0. The number of unbranched alkanes of at least 4 members (excludes halogenated alkanes) is 33. The predicted octanol–water partition coefficient (Wildman–Crippen LogP) is 16.3.